The van der Waals surface area contributed by atoms with E-state index in [2.05, 4.69) is 23.5 Å². The predicted molar refractivity (Wildman–Crippen MR) is 45.2 cm³/mol. The molecule has 10 heavy (non-hydrogen) atoms. The van der Waals surface area contributed by atoms with Crippen molar-refractivity contribution < 1.29 is 0 Å². The van der Waals surface area contributed by atoms with Crippen LogP contribution in [0.5, 0.6) is 0 Å². The van der Waals surface area contributed by atoms with Gasteiger partial charge in [-0.1, -0.05) is 6.58 Å². The van der Waals surface area contributed by atoms with Crippen molar-refractivity contribution in [3.05, 3.63) is 12.7 Å². The molecule has 0 aliphatic rings. The number of rotatable bonds is 4. The highest BCUT2D eigenvalue weighted by Crippen LogP contribution is 1.89. The summed E-state index contributed by atoms with van der Waals surface area (Å²) in [5.41, 5.74) is 0.842. The van der Waals surface area contributed by atoms with E-state index in [1.54, 1.807) is 6.08 Å². The molecule has 0 unspecified atom stereocenters. The molecule has 0 radical (unpaired) electrons. The summed E-state index contributed by atoms with van der Waals surface area (Å²) in [6, 6.07) is 0. The first-order valence-corrected chi connectivity index (χ1v) is 3.16. The smallest absolute Gasteiger partial charge is 0.0589 e. The van der Waals surface area contributed by atoms with Gasteiger partial charge in [0.2, 0.25) is 0 Å². The summed E-state index contributed by atoms with van der Waals surface area (Å²) in [5, 5.41) is 9.19. The maximum atomic E-state index is 4.03. The van der Waals surface area contributed by atoms with E-state index in [0.29, 0.717) is 0 Å². The molecule has 0 heterocycles. The first kappa shape index (κ1) is 8.88. The Bertz CT molecular complexity index is 149. The maximum absolute atomic E-state index is 4.03. The molecule has 0 aliphatic carbocycles. The molecule has 0 N–H and O–H groups in total. The number of nitrogens with zero attached hydrogens (tertiary/aromatic N) is 3. The van der Waals surface area contributed by atoms with Crippen LogP contribution < -0.4 is 0 Å². The molecule has 3 nitrogen and oxygen atoms in total. The zero-order valence-electron chi connectivity index (χ0n) is 6.54. The molecule has 0 saturated heterocycles. The first-order chi connectivity index (χ1) is 4.74. The van der Waals surface area contributed by atoms with Crippen molar-refractivity contribution in [3.63, 3.8) is 0 Å². The molecular weight excluding hydrogens is 126 g/mol. The van der Waals surface area contributed by atoms with Crippen LogP contribution in [0.3, 0.4) is 0 Å². The Kier molecular flexibility index (Phi) is 4.20. The van der Waals surface area contributed by atoms with E-state index in [9.17, 15) is 0 Å². The van der Waals surface area contributed by atoms with Gasteiger partial charge in [0.05, 0.1) is 12.3 Å². The van der Waals surface area contributed by atoms with Crippen molar-refractivity contribution in [2.24, 2.45) is 10.2 Å². The molecule has 0 aromatic carbocycles. The molecule has 0 amide bonds. The summed E-state index contributed by atoms with van der Waals surface area (Å²) in [6.45, 7) is 11.5. The second-order valence-electron chi connectivity index (χ2n) is 1.78. The van der Waals surface area contributed by atoms with E-state index in [4.69, 9.17) is 0 Å². The van der Waals surface area contributed by atoms with E-state index in [1.165, 1.54) is 5.12 Å². The van der Waals surface area contributed by atoms with Crippen LogP contribution in [0, 0.1) is 0 Å². The minimum Gasteiger partial charge on any atom is -0.186 e. The third-order valence-electron chi connectivity index (χ3n) is 1.01. The third kappa shape index (κ3) is 3.02. The van der Waals surface area contributed by atoms with Gasteiger partial charge in [-0.15, -0.1) is 0 Å². The molecule has 0 aliphatic heterocycles. The molecule has 3 heteroatoms. The molecule has 0 rings (SSSR count). The van der Waals surface area contributed by atoms with Crippen molar-refractivity contribution in [1.29, 1.82) is 0 Å². The molecule has 0 spiro atoms. The van der Waals surface area contributed by atoms with Crippen LogP contribution in [-0.4, -0.2) is 24.1 Å². The maximum Gasteiger partial charge on any atom is 0.0589 e. The van der Waals surface area contributed by atoms with E-state index >= 15 is 0 Å². The van der Waals surface area contributed by atoms with Crippen molar-refractivity contribution in [2.45, 2.75) is 13.8 Å². The van der Waals surface area contributed by atoms with Crippen molar-refractivity contribution in [2.75, 3.05) is 6.54 Å². The quantitative estimate of drug-likeness (QED) is 0.428. The fourth-order valence-electron chi connectivity index (χ4n) is 0.425. The third-order valence-corrected chi connectivity index (χ3v) is 1.01. The van der Waals surface area contributed by atoms with Crippen molar-refractivity contribution in [3.8, 4) is 0 Å². The fourth-order valence-corrected chi connectivity index (χ4v) is 0.425. The van der Waals surface area contributed by atoms with Crippen molar-refractivity contribution in [1.82, 2.24) is 5.12 Å². The van der Waals surface area contributed by atoms with Gasteiger partial charge in [-0.05, 0) is 19.9 Å². The molecule has 0 bridgehead atoms. The van der Waals surface area contributed by atoms with Gasteiger partial charge in [0.1, 0.15) is 0 Å². The van der Waals surface area contributed by atoms with Crippen LogP contribution in [-0.2, 0) is 0 Å². The van der Waals surface area contributed by atoms with E-state index in [-0.39, 0.29) is 0 Å². The molecular formula is C7H13N3. The number of allylic oxidation sites excluding steroid dienone is 1. The lowest BCUT2D eigenvalue weighted by Crippen LogP contribution is -2.09. The number of hydrogen-bond acceptors (Lipinski definition) is 3. The van der Waals surface area contributed by atoms with Gasteiger partial charge in [0, 0.05) is 6.72 Å². The summed E-state index contributed by atoms with van der Waals surface area (Å²) >= 11 is 0. The summed E-state index contributed by atoms with van der Waals surface area (Å²) < 4.78 is 0. The lowest BCUT2D eigenvalue weighted by molar-refractivity contribution is 0.325. The van der Waals surface area contributed by atoms with Crippen LogP contribution in [0.1, 0.15) is 13.8 Å². The van der Waals surface area contributed by atoms with Gasteiger partial charge in [-0.2, -0.15) is 15.3 Å². The van der Waals surface area contributed by atoms with Gasteiger partial charge in [0.25, 0.3) is 0 Å². The molecule has 0 aromatic heterocycles. The normalized spacial score (nSPS) is 10.8. The number of hydrogen-bond donors (Lipinski definition) is 0. The summed E-state index contributed by atoms with van der Waals surface area (Å²) in [5.74, 6) is 0. The Morgan fingerprint density at radius 2 is 2.30 bits per heavy atom. The summed E-state index contributed by atoms with van der Waals surface area (Å²) in [7, 11) is 0. The van der Waals surface area contributed by atoms with Gasteiger partial charge < -0.3 is 0 Å². The fraction of sp³-hybridized carbons (Fsp3) is 0.429. The van der Waals surface area contributed by atoms with Crippen LogP contribution >= 0.6 is 0 Å². The zero-order chi connectivity index (χ0) is 7.98. The van der Waals surface area contributed by atoms with Crippen LogP contribution in [0.25, 0.3) is 0 Å². The van der Waals surface area contributed by atoms with Crippen LogP contribution in [0.15, 0.2) is 22.9 Å². The topological polar surface area (TPSA) is 28.0 Å². The standard InChI is InChI=1S/C7H13N3/c1-5-7(3)9-10(6-2)8-4/h5H,1,4,6H2,2-3H3/b9-7+. The molecule has 0 fully saturated rings. The lowest BCUT2D eigenvalue weighted by Gasteiger charge is -2.08. The molecule has 56 valence electrons. The van der Waals surface area contributed by atoms with Crippen LogP contribution in [0.2, 0.25) is 0 Å². The van der Waals surface area contributed by atoms with Crippen molar-refractivity contribution >= 4 is 12.4 Å². The molecule has 0 atom stereocenters. The van der Waals surface area contributed by atoms with Gasteiger partial charge in [0.15, 0.2) is 0 Å². The van der Waals surface area contributed by atoms with Gasteiger partial charge >= 0.3 is 0 Å². The van der Waals surface area contributed by atoms with Gasteiger partial charge in [-0.3, -0.25) is 0 Å². The second-order valence-corrected chi connectivity index (χ2v) is 1.78. The van der Waals surface area contributed by atoms with E-state index in [1.807, 2.05) is 13.8 Å². The highest BCUT2D eigenvalue weighted by molar-refractivity contribution is 5.91. The lowest BCUT2D eigenvalue weighted by atomic mass is 10.4. The first-order valence-electron chi connectivity index (χ1n) is 3.16. The minimum absolute atomic E-state index is 0.731. The number of hydrazone groups is 2. The predicted octanol–water partition coefficient (Wildman–Crippen LogP) is 1.49. The average molecular weight is 139 g/mol. The van der Waals surface area contributed by atoms with E-state index in [0.717, 1.165) is 12.3 Å². The SMILES string of the molecule is C=C/C(C)=N/N(CC)N=C. The highest BCUT2D eigenvalue weighted by atomic mass is 15.6. The summed E-state index contributed by atoms with van der Waals surface area (Å²) in [4.78, 5) is 0. The summed E-state index contributed by atoms with van der Waals surface area (Å²) in [6.07, 6.45) is 1.67. The Morgan fingerprint density at radius 1 is 1.70 bits per heavy atom. The second kappa shape index (κ2) is 4.73. The molecule has 0 saturated carbocycles. The zero-order valence-corrected chi connectivity index (χ0v) is 6.54. The van der Waals surface area contributed by atoms with E-state index < -0.39 is 0 Å². The van der Waals surface area contributed by atoms with Crippen LogP contribution in [0.4, 0.5) is 0 Å². The Hall–Kier alpha value is -1.12. The Balaban J connectivity index is 4.05. The highest BCUT2D eigenvalue weighted by Gasteiger charge is 1.89. The Labute approximate surface area is 61.7 Å². The van der Waals surface area contributed by atoms with Gasteiger partial charge in [-0.25, -0.2) is 0 Å². The largest absolute Gasteiger partial charge is 0.186 e. The average Bonchev–Trinajstić information content (AvgIpc) is 1.99. The minimum atomic E-state index is 0.731. The molecule has 0 aromatic rings. The monoisotopic (exact) mass is 139 g/mol. The Morgan fingerprint density at radius 3 is 2.60 bits per heavy atom.